The summed E-state index contributed by atoms with van der Waals surface area (Å²) in [5.74, 6) is 0.988. The number of hydrogen-bond acceptors (Lipinski definition) is 5. The van der Waals surface area contributed by atoms with Crippen LogP contribution in [0.2, 0.25) is 0 Å². The molecule has 1 atom stereocenters. The minimum Gasteiger partial charge on any atom is -0.382 e. The second kappa shape index (κ2) is 9.74. The number of methoxy groups -OCH3 is 1. The zero-order valence-corrected chi connectivity index (χ0v) is 18.3. The third-order valence-electron chi connectivity index (χ3n) is 6.46. The number of nitrogens with one attached hydrogen (secondary N) is 1. The largest absolute Gasteiger partial charge is 0.382 e. The molecule has 0 amide bonds. The smallest absolute Gasteiger partial charge is 0.193 e. The van der Waals surface area contributed by atoms with E-state index in [0.717, 1.165) is 51.9 Å². The summed E-state index contributed by atoms with van der Waals surface area (Å²) in [5, 5.41) is 3.73. The molecule has 1 aliphatic carbocycles. The maximum absolute atomic E-state index is 5.99. The summed E-state index contributed by atoms with van der Waals surface area (Å²) >= 11 is 0. The van der Waals surface area contributed by atoms with Crippen LogP contribution in [0.25, 0.3) is 0 Å². The summed E-state index contributed by atoms with van der Waals surface area (Å²) in [4.78, 5) is 9.60. The number of rotatable bonds is 5. The van der Waals surface area contributed by atoms with Crippen molar-refractivity contribution in [3.05, 3.63) is 0 Å². The zero-order chi connectivity index (χ0) is 20.0. The fourth-order valence-corrected chi connectivity index (χ4v) is 5.01. The van der Waals surface area contributed by atoms with Gasteiger partial charge in [0.1, 0.15) is 0 Å². The fraction of sp³-hybridized carbons (Fsp3) is 0.952. The first-order chi connectivity index (χ1) is 13.5. The van der Waals surface area contributed by atoms with Crippen LogP contribution in [-0.2, 0) is 14.2 Å². The van der Waals surface area contributed by atoms with E-state index in [2.05, 4.69) is 34.0 Å². The van der Waals surface area contributed by atoms with Crippen molar-refractivity contribution >= 4 is 5.96 Å². The molecular weight excluding hydrogens is 356 g/mol. The first-order valence-corrected chi connectivity index (χ1v) is 10.9. The van der Waals surface area contributed by atoms with E-state index >= 15 is 0 Å². The van der Waals surface area contributed by atoms with E-state index in [-0.39, 0.29) is 17.2 Å². The summed E-state index contributed by atoms with van der Waals surface area (Å²) in [6.07, 6.45) is 6.59. The van der Waals surface area contributed by atoms with Gasteiger partial charge in [-0.2, -0.15) is 0 Å². The number of ether oxygens (including phenoxy) is 3. The summed E-state index contributed by atoms with van der Waals surface area (Å²) in [7, 11) is 3.61. The predicted octanol–water partition coefficient (Wildman–Crippen LogP) is 1.72. The topological polar surface area (TPSA) is 58.6 Å². The molecule has 0 aromatic rings. The molecule has 0 spiro atoms. The Morgan fingerprint density at radius 1 is 1.18 bits per heavy atom. The van der Waals surface area contributed by atoms with Gasteiger partial charge in [-0.25, -0.2) is 0 Å². The van der Waals surface area contributed by atoms with E-state index in [1.807, 2.05) is 7.05 Å². The van der Waals surface area contributed by atoms with Crippen molar-refractivity contribution in [1.82, 2.24) is 15.1 Å². The molecule has 0 aromatic heterocycles. The van der Waals surface area contributed by atoms with Crippen LogP contribution in [-0.4, -0.2) is 99.7 Å². The van der Waals surface area contributed by atoms with Gasteiger partial charge < -0.3 is 24.4 Å². The highest BCUT2D eigenvalue weighted by atomic mass is 16.5. The Morgan fingerprint density at radius 3 is 2.64 bits per heavy atom. The molecule has 3 rings (SSSR count). The second-order valence-electron chi connectivity index (χ2n) is 9.11. The molecule has 2 heterocycles. The molecule has 1 saturated carbocycles. The normalized spacial score (nSPS) is 28.9. The van der Waals surface area contributed by atoms with Gasteiger partial charge in [-0.05, 0) is 26.7 Å². The number of morpholine rings is 2. The standard InChI is InChI=1S/C21H40N4O3/c1-20(2)17-25(11-13-28-20)21(8-6-5-7-9-21)16-23-19(22-3)24-10-12-27-18(14-24)15-26-4/h18H,5-17H2,1-4H3,(H,22,23). The molecule has 7 heteroatoms. The van der Waals surface area contributed by atoms with E-state index in [4.69, 9.17) is 14.2 Å². The lowest BCUT2D eigenvalue weighted by Gasteiger charge is -2.52. The average Bonchev–Trinajstić information content (AvgIpc) is 2.69. The van der Waals surface area contributed by atoms with Crippen LogP contribution in [0.5, 0.6) is 0 Å². The van der Waals surface area contributed by atoms with Crippen molar-refractivity contribution in [3.8, 4) is 0 Å². The minimum absolute atomic E-state index is 0.0675. The molecule has 0 bridgehead atoms. The molecule has 3 fully saturated rings. The summed E-state index contributed by atoms with van der Waals surface area (Å²) in [6.45, 7) is 11.3. The molecule has 3 aliphatic rings. The average molecular weight is 397 g/mol. The highest BCUT2D eigenvalue weighted by molar-refractivity contribution is 5.80. The predicted molar refractivity (Wildman–Crippen MR) is 112 cm³/mol. The molecule has 162 valence electrons. The van der Waals surface area contributed by atoms with Gasteiger partial charge in [-0.1, -0.05) is 19.3 Å². The van der Waals surface area contributed by atoms with Crippen LogP contribution in [0.4, 0.5) is 0 Å². The first-order valence-electron chi connectivity index (χ1n) is 10.9. The van der Waals surface area contributed by atoms with E-state index in [1.54, 1.807) is 7.11 Å². The maximum atomic E-state index is 5.99. The van der Waals surface area contributed by atoms with Gasteiger partial charge in [0.25, 0.3) is 0 Å². The second-order valence-corrected chi connectivity index (χ2v) is 9.11. The van der Waals surface area contributed by atoms with Crippen molar-refractivity contribution in [2.24, 2.45) is 4.99 Å². The molecule has 0 aromatic carbocycles. The molecular formula is C21H40N4O3. The van der Waals surface area contributed by atoms with E-state index in [0.29, 0.717) is 6.61 Å². The van der Waals surface area contributed by atoms with Crippen LogP contribution in [0, 0.1) is 0 Å². The van der Waals surface area contributed by atoms with Crippen molar-refractivity contribution in [3.63, 3.8) is 0 Å². The van der Waals surface area contributed by atoms with Crippen molar-refractivity contribution < 1.29 is 14.2 Å². The molecule has 0 radical (unpaired) electrons. The minimum atomic E-state index is -0.0675. The van der Waals surface area contributed by atoms with Crippen LogP contribution >= 0.6 is 0 Å². The Hall–Kier alpha value is -0.890. The van der Waals surface area contributed by atoms with Gasteiger partial charge in [-0.15, -0.1) is 0 Å². The van der Waals surface area contributed by atoms with Gasteiger partial charge in [-0.3, -0.25) is 9.89 Å². The highest BCUT2D eigenvalue weighted by Crippen LogP contribution is 2.36. The van der Waals surface area contributed by atoms with Crippen molar-refractivity contribution in [1.29, 1.82) is 0 Å². The Morgan fingerprint density at radius 2 is 1.96 bits per heavy atom. The van der Waals surface area contributed by atoms with Gasteiger partial charge >= 0.3 is 0 Å². The molecule has 28 heavy (non-hydrogen) atoms. The molecule has 2 aliphatic heterocycles. The van der Waals surface area contributed by atoms with Crippen LogP contribution in [0.15, 0.2) is 4.99 Å². The fourth-order valence-electron chi connectivity index (χ4n) is 5.01. The number of aliphatic imine (C=N–C) groups is 1. The summed E-state index contributed by atoms with van der Waals surface area (Å²) in [5.41, 5.74) is 0.134. The molecule has 2 saturated heterocycles. The molecule has 1 unspecified atom stereocenters. The Labute approximate surface area is 170 Å². The van der Waals surface area contributed by atoms with E-state index in [9.17, 15) is 0 Å². The van der Waals surface area contributed by atoms with Gasteiger partial charge in [0.2, 0.25) is 0 Å². The lowest BCUT2D eigenvalue weighted by Crippen LogP contribution is -2.64. The van der Waals surface area contributed by atoms with Gasteiger partial charge in [0.15, 0.2) is 5.96 Å². The Bertz CT molecular complexity index is 518. The number of nitrogens with zero attached hydrogens (tertiary/aromatic N) is 3. The number of guanidine groups is 1. The van der Waals surface area contributed by atoms with Crippen LogP contribution in [0.1, 0.15) is 46.0 Å². The maximum Gasteiger partial charge on any atom is 0.193 e. The summed E-state index contributed by atoms with van der Waals surface area (Å²) < 4.78 is 17.1. The van der Waals surface area contributed by atoms with Crippen LogP contribution in [0.3, 0.4) is 0 Å². The quantitative estimate of drug-likeness (QED) is 0.564. The lowest BCUT2D eigenvalue weighted by molar-refractivity contribution is -0.122. The Balaban J connectivity index is 1.65. The van der Waals surface area contributed by atoms with E-state index in [1.165, 1.54) is 32.1 Å². The van der Waals surface area contributed by atoms with Crippen molar-refractivity contribution in [2.45, 2.75) is 63.2 Å². The third kappa shape index (κ3) is 5.38. The number of hydrogen-bond donors (Lipinski definition) is 1. The summed E-state index contributed by atoms with van der Waals surface area (Å²) in [6, 6.07) is 0. The molecule has 1 N–H and O–H groups in total. The lowest BCUT2D eigenvalue weighted by atomic mass is 9.79. The third-order valence-corrected chi connectivity index (χ3v) is 6.46. The monoisotopic (exact) mass is 396 g/mol. The zero-order valence-electron chi connectivity index (χ0n) is 18.3. The SMILES string of the molecule is CN=C(NCC1(N2CCOC(C)(C)C2)CCCCC1)N1CCOC(COC)C1. The van der Waals surface area contributed by atoms with E-state index < -0.39 is 0 Å². The molecule has 7 nitrogen and oxygen atoms in total. The van der Waals surface area contributed by atoms with Gasteiger partial charge in [0, 0.05) is 52.4 Å². The van der Waals surface area contributed by atoms with Crippen molar-refractivity contribution in [2.75, 3.05) is 66.7 Å². The Kier molecular flexibility index (Phi) is 7.59. The first kappa shape index (κ1) is 21.8. The van der Waals surface area contributed by atoms with Crippen LogP contribution < -0.4 is 5.32 Å². The highest BCUT2D eigenvalue weighted by Gasteiger charge is 2.42. The van der Waals surface area contributed by atoms with Gasteiger partial charge in [0.05, 0.1) is 31.5 Å².